The van der Waals surface area contributed by atoms with Gasteiger partial charge in [-0.1, -0.05) is 40.5 Å². The molecule has 108 valence electrons. The van der Waals surface area contributed by atoms with Crippen molar-refractivity contribution in [1.82, 2.24) is 4.90 Å². The van der Waals surface area contributed by atoms with Crippen molar-refractivity contribution in [3.05, 3.63) is 0 Å². The zero-order chi connectivity index (χ0) is 13.6. The van der Waals surface area contributed by atoms with Crippen molar-refractivity contribution in [2.45, 2.75) is 84.3 Å². The van der Waals surface area contributed by atoms with Crippen molar-refractivity contribution in [3.8, 4) is 0 Å². The van der Waals surface area contributed by atoms with E-state index in [4.69, 9.17) is 0 Å². The Kier molecular flexibility index (Phi) is 6.65. The van der Waals surface area contributed by atoms with Crippen LogP contribution < -0.4 is 0 Å². The van der Waals surface area contributed by atoms with Crippen LogP contribution in [0.4, 0.5) is 0 Å². The number of aliphatic hydroxyl groups is 1. The number of hydrogen-bond acceptors (Lipinski definition) is 2. The van der Waals surface area contributed by atoms with Gasteiger partial charge < -0.3 is 5.11 Å². The van der Waals surface area contributed by atoms with Crippen molar-refractivity contribution in [1.29, 1.82) is 0 Å². The molecule has 0 aliphatic heterocycles. The fraction of sp³-hybridized carbons (Fsp3) is 1.00. The SMILES string of the molecule is CCC(O)(CC)CN(CCC(C)C)C1CCCC1. The highest BCUT2D eigenvalue weighted by Gasteiger charge is 2.30. The fourth-order valence-corrected chi connectivity index (χ4v) is 2.94. The summed E-state index contributed by atoms with van der Waals surface area (Å²) in [5.41, 5.74) is -0.473. The largest absolute Gasteiger partial charge is 0.389 e. The first-order chi connectivity index (χ1) is 8.50. The van der Waals surface area contributed by atoms with E-state index in [-0.39, 0.29) is 0 Å². The van der Waals surface area contributed by atoms with Crippen LogP contribution in [0.3, 0.4) is 0 Å². The predicted octanol–water partition coefficient (Wildman–Crippen LogP) is 3.83. The Labute approximate surface area is 114 Å². The summed E-state index contributed by atoms with van der Waals surface area (Å²) in [5, 5.41) is 10.6. The summed E-state index contributed by atoms with van der Waals surface area (Å²) in [7, 11) is 0. The Morgan fingerprint density at radius 2 is 1.72 bits per heavy atom. The molecule has 1 aliphatic rings. The molecule has 0 aromatic heterocycles. The summed E-state index contributed by atoms with van der Waals surface area (Å²) in [6.07, 6.45) is 8.41. The molecule has 0 amide bonds. The monoisotopic (exact) mass is 255 g/mol. The van der Waals surface area contributed by atoms with Gasteiger partial charge in [0.15, 0.2) is 0 Å². The summed E-state index contributed by atoms with van der Waals surface area (Å²) < 4.78 is 0. The zero-order valence-corrected chi connectivity index (χ0v) is 12.9. The Hall–Kier alpha value is -0.0800. The lowest BCUT2D eigenvalue weighted by atomic mass is 9.95. The normalized spacial score (nSPS) is 18.2. The van der Waals surface area contributed by atoms with Crippen molar-refractivity contribution in [2.75, 3.05) is 13.1 Å². The summed E-state index contributed by atoms with van der Waals surface area (Å²) in [6, 6.07) is 0.730. The van der Waals surface area contributed by atoms with Crippen molar-refractivity contribution < 1.29 is 5.11 Å². The first-order valence-corrected chi connectivity index (χ1v) is 7.97. The van der Waals surface area contributed by atoms with Gasteiger partial charge in [-0.05, 0) is 44.6 Å². The highest BCUT2D eigenvalue weighted by Crippen LogP contribution is 2.27. The molecule has 1 saturated carbocycles. The van der Waals surface area contributed by atoms with E-state index in [1.165, 1.54) is 32.1 Å². The molecule has 1 N–H and O–H groups in total. The highest BCUT2D eigenvalue weighted by atomic mass is 16.3. The molecule has 1 fully saturated rings. The van der Waals surface area contributed by atoms with Gasteiger partial charge in [0.1, 0.15) is 0 Å². The van der Waals surface area contributed by atoms with Crippen molar-refractivity contribution in [3.63, 3.8) is 0 Å². The van der Waals surface area contributed by atoms with Crippen molar-refractivity contribution >= 4 is 0 Å². The third-order valence-corrected chi connectivity index (χ3v) is 4.65. The molecule has 0 saturated heterocycles. The van der Waals surface area contributed by atoms with Crippen LogP contribution >= 0.6 is 0 Å². The average Bonchev–Trinajstić information content (AvgIpc) is 2.87. The Balaban J connectivity index is 2.58. The molecule has 1 rings (SSSR count). The van der Waals surface area contributed by atoms with Crippen LogP contribution in [-0.2, 0) is 0 Å². The van der Waals surface area contributed by atoms with Crippen LogP contribution in [0.1, 0.15) is 72.6 Å². The minimum Gasteiger partial charge on any atom is -0.389 e. The van der Waals surface area contributed by atoms with Gasteiger partial charge in [-0.15, -0.1) is 0 Å². The Morgan fingerprint density at radius 1 is 1.17 bits per heavy atom. The molecule has 18 heavy (non-hydrogen) atoms. The molecule has 0 bridgehead atoms. The Morgan fingerprint density at radius 3 is 2.17 bits per heavy atom. The maximum Gasteiger partial charge on any atom is 0.0769 e. The van der Waals surface area contributed by atoms with Gasteiger partial charge in [-0.3, -0.25) is 4.90 Å². The highest BCUT2D eigenvalue weighted by molar-refractivity contribution is 4.85. The molecule has 0 radical (unpaired) electrons. The molecule has 0 aromatic carbocycles. The molecule has 0 heterocycles. The lowest BCUT2D eigenvalue weighted by molar-refractivity contribution is -0.0157. The second-order valence-electron chi connectivity index (χ2n) is 6.52. The van der Waals surface area contributed by atoms with E-state index in [9.17, 15) is 5.11 Å². The van der Waals surface area contributed by atoms with Crippen LogP contribution in [0.2, 0.25) is 0 Å². The second-order valence-corrected chi connectivity index (χ2v) is 6.52. The molecule has 2 nitrogen and oxygen atoms in total. The number of rotatable bonds is 8. The van der Waals surface area contributed by atoms with E-state index in [1.54, 1.807) is 0 Å². The van der Waals surface area contributed by atoms with Crippen LogP contribution in [0.25, 0.3) is 0 Å². The topological polar surface area (TPSA) is 23.5 Å². The third-order valence-electron chi connectivity index (χ3n) is 4.65. The van der Waals surface area contributed by atoms with Gasteiger partial charge in [0.2, 0.25) is 0 Å². The van der Waals surface area contributed by atoms with Gasteiger partial charge in [0.05, 0.1) is 5.60 Å². The van der Waals surface area contributed by atoms with Crippen LogP contribution in [0.5, 0.6) is 0 Å². The fourth-order valence-electron chi connectivity index (χ4n) is 2.94. The summed E-state index contributed by atoms with van der Waals surface area (Å²) in [5.74, 6) is 0.755. The van der Waals surface area contributed by atoms with Crippen LogP contribution in [0, 0.1) is 5.92 Å². The third kappa shape index (κ3) is 4.89. The van der Waals surface area contributed by atoms with E-state index in [1.807, 2.05) is 0 Å². The minimum atomic E-state index is -0.473. The van der Waals surface area contributed by atoms with Crippen LogP contribution in [-0.4, -0.2) is 34.7 Å². The van der Waals surface area contributed by atoms with Gasteiger partial charge in [-0.25, -0.2) is 0 Å². The molecule has 2 heteroatoms. The van der Waals surface area contributed by atoms with E-state index in [0.717, 1.165) is 37.9 Å². The first kappa shape index (κ1) is 16.0. The molecule has 0 spiro atoms. The van der Waals surface area contributed by atoms with E-state index >= 15 is 0 Å². The quantitative estimate of drug-likeness (QED) is 0.712. The zero-order valence-electron chi connectivity index (χ0n) is 12.9. The van der Waals surface area contributed by atoms with Gasteiger partial charge >= 0.3 is 0 Å². The standard InChI is InChI=1S/C16H33NO/c1-5-16(18,6-2)13-17(12-11-14(3)4)15-9-7-8-10-15/h14-15,18H,5-13H2,1-4H3. The smallest absolute Gasteiger partial charge is 0.0769 e. The molecule has 0 unspecified atom stereocenters. The summed E-state index contributed by atoms with van der Waals surface area (Å²) in [4.78, 5) is 2.58. The van der Waals surface area contributed by atoms with Crippen LogP contribution in [0.15, 0.2) is 0 Å². The maximum absolute atomic E-state index is 10.6. The van der Waals surface area contributed by atoms with Gasteiger partial charge in [0, 0.05) is 12.6 Å². The van der Waals surface area contributed by atoms with E-state index < -0.39 is 5.60 Å². The molecular formula is C16H33NO. The maximum atomic E-state index is 10.6. The average molecular weight is 255 g/mol. The van der Waals surface area contributed by atoms with Gasteiger partial charge in [0.25, 0.3) is 0 Å². The first-order valence-electron chi connectivity index (χ1n) is 7.97. The lowest BCUT2D eigenvalue weighted by Crippen LogP contribution is -2.46. The minimum absolute atomic E-state index is 0.473. The summed E-state index contributed by atoms with van der Waals surface area (Å²) >= 11 is 0. The van der Waals surface area contributed by atoms with E-state index in [2.05, 4.69) is 32.6 Å². The predicted molar refractivity (Wildman–Crippen MR) is 78.8 cm³/mol. The van der Waals surface area contributed by atoms with Gasteiger partial charge in [-0.2, -0.15) is 0 Å². The molecule has 1 aliphatic carbocycles. The molecule has 0 aromatic rings. The molecule has 0 atom stereocenters. The summed E-state index contributed by atoms with van der Waals surface area (Å²) in [6.45, 7) is 10.8. The molecular weight excluding hydrogens is 222 g/mol. The second kappa shape index (κ2) is 7.49. The number of hydrogen-bond donors (Lipinski definition) is 1. The Bertz CT molecular complexity index is 217. The van der Waals surface area contributed by atoms with E-state index in [0.29, 0.717) is 0 Å². The lowest BCUT2D eigenvalue weighted by Gasteiger charge is -2.37. The van der Waals surface area contributed by atoms with Crippen molar-refractivity contribution in [2.24, 2.45) is 5.92 Å². The number of nitrogens with zero attached hydrogens (tertiary/aromatic N) is 1.